The van der Waals surface area contributed by atoms with Crippen LogP contribution in [0.5, 0.6) is 0 Å². The van der Waals surface area contributed by atoms with Gasteiger partial charge in [-0.1, -0.05) is 0 Å². The van der Waals surface area contributed by atoms with Crippen molar-refractivity contribution >= 4 is 17.2 Å². The lowest BCUT2D eigenvalue weighted by molar-refractivity contribution is 0.246. The van der Waals surface area contributed by atoms with Crippen LogP contribution in [0.1, 0.15) is 18.1 Å². The van der Waals surface area contributed by atoms with E-state index in [4.69, 9.17) is 10.00 Å². The van der Waals surface area contributed by atoms with Crippen molar-refractivity contribution in [2.24, 2.45) is 4.99 Å². The SMILES string of the molecule is CC1=Nc2cc(C)c(C)cc2[N+]1(C)CCOC#N. The van der Waals surface area contributed by atoms with Gasteiger partial charge in [0.05, 0.1) is 7.05 Å². The van der Waals surface area contributed by atoms with Gasteiger partial charge in [-0.25, -0.2) is 4.48 Å². The van der Waals surface area contributed by atoms with Gasteiger partial charge in [0.2, 0.25) is 5.84 Å². The Labute approximate surface area is 108 Å². The molecule has 0 aliphatic carbocycles. The van der Waals surface area contributed by atoms with Crippen molar-refractivity contribution in [2.45, 2.75) is 20.8 Å². The Kier molecular flexibility index (Phi) is 3.10. The monoisotopic (exact) mass is 244 g/mol. The highest BCUT2D eigenvalue weighted by Crippen LogP contribution is 2.40. The number of nitrogens with zero attached hydrogens (tertiary/aromatic N) is 3. The molecule has 1 aliphatic rings. The van der Waals surface area contributed by atoms with Gasteiger partial charge in [0, 0.05) is 13.0 Å². The summed E-state index contributed by atoms with van der Waals surface area (Å²) in [6, 6.07) is 4.32. The number of benzene rings is 1. The zero-order valence-corrected chi connectivity index (χ0v) is 11.3. The number of hydrogen-bond donors (Lipinski definition) is 0. The number of ether oxygens (including phenoxy) is 1. The molecule has 94 valence electrons. The molecule has 18 heavy (non-hydrogen) atoms. The van der Waals surface area contributed by atoms with Crippen molar-refractivity contribution in [2.75, 3.05) is 20.2 Å². The van der Waals surface area contributed by atoms with Gasteiger partial charge in [0.25, 0.3) is 6.26 Å². The van der Waals surface area contributed by atoms with E-state index in [0.29, 0.717) is 11.1 Å². The number of likely N-dealkylation sites (N-methyl/N-ethyl adjacent to an activating group) is 1. The molecule has 0 radical (unpaired) electrons. The number of aliphatic imine (C=N–C) groups is 1. The largest absolute Gasteiger partial charge is 0.421 e. The average Bonchev–Trinajstić information content (AvgIpc) is 2.54. The third kappa shape index (κ3) is 1.87. The summed E-state index contributed by atoms with van der Waals surface area (Å²) >= 11 is 0. The molecule has 0 N–H and O–H groups in total. The van der Waals surface area contributed by atoms with E-state index < -0.39 is 0 Å². The molecule has 1 unspecified atom stereocenters. The second kappa shape index (κ2) is 4.43. The lowest BCUT2D eigenvalue weighted by Crippen LogP contribution is -2.49. The van der Waals surface area contributed by atoms with Gasteiger partial charge in [-0.15, -0.1) is 0 Å². The molecule has 0 amide bonds. The normalized spacial score (nSPS) is 21.2. The van der Waals surface area contributed by atoms with Crippen molar-refractivity contribution < 1.29 is 4.74 Å². The maximum absolute atomic E-state index is 8.46. The Balaban J connectivity index is 2.39. The first kappa shape index (κ1) is 12.6. The van der Waals surface area contributed by atoms with E-state index in [2.05, 4.69) is 38.0 Å². The zero-order valence-electron chi connectivity index (χ0n) is 11.3. The fraction of sp³-hybridized carbons (Fsp3) is 0.429. The maximum Gasteiger partial charge on any atom is 0.286 e. The standard InChI is InChI=1S/C14H18N3O/c1-10-7-13-14(8-11(10)2)17(4,12(3)16-13)5-6-18-9-15/h7-8H,5-6H2,1-4H3/q+1. The number of rotatable bonds is 3. The summed E-state index contributed by atoms with van der Waals surface area (Å²) < 4.78 is 5.44. The van der Waals surface area contributed by atoms with Crippen LogP contribution in [0.15, 0.2) is 17.1 Å². The first-order valence-electron chi connectivity index (χ1n) is 6.03. The van der Waals surface area contributed by atoms with Crippen LogP contribution in [-0.2, 0) is 4.74 Å². The molecule has 1 atom stereocenters. The minimum Gasteiger partial charge on any atom is -0.421 e. The number of hydrogen-bond acceptors (Lipinski definition) is 3. The summed E-state index contributed by atoms with van der Waals surface area (Å²) in [4.78, 5) is 4.64. The summed E-state index contributed by atoms with van der Waals surface area (Å²) in [6.45, 7) is 7.36. The van der Waals surface area contributed by atoms with E-state index >= 15 is 0 Å². The van der Waals surface area contributed by atoms with Crippen molar-refractivity contribution in [3.8, 4) is 6.26 Å². The molecule has 0 spiro atoms. The van der Waals surface area contributed by atoms with Gasteiger partial charge < -0.3 is 4.74 Å². The average molecular weight is 244 g/mol. The molecule has 4 heteroatoms. The topological polar surface area (TPSA) is 45.4 Å². The minimum absolute atomic E-state index is 0.409. The highest BCUT2D eigenvalue weighted by molar-refractivity contribution is 6.01. The highest BCUT2D eigenvalue weighted by atomic mass is 16.5. The fourth-order valence-electron chi connectivity index (χ4n) is 2.29. The van der Waals surface area contributed by atoms with Gasteiger partial charge in [0.1, 0.15) is 12.2 Å². The van der Waals surface area contributed by atoms with Crippen LogP contribution < -0.4 is 4.48 Å². The van der Waals surface area contributed by atoms with Crippen LogP contribution >= 0.6 is 0 Å². The molecule has 0 saturated heterocycles. The summed E-state index contributed by atoms with van der Waals surface area (Å²) in [7, 11) is 2.11. The number of aryl methyl sites for hydroxylation is 2. The van der Waals surface area contributed by atoms with Gasteiger partial charge in [-0.05, 0) is 31.0 Å². The number of amidine groups is 1. The third-order valence-corrected chi connectivity index (χ3v) is 3.82. The van der Waals surface area contributed by atoms with E-state index in [-0.39, 0.29) is 0 Å². The first-order valence-corrected chi connectivity index (χ1v) is 6.03. The quantitative estimate of drug-likeness (QED) is 0.466. The van der Waals surface area contributed by atoms with Gasteiger partial charge in [-0.3, -0.25) is 0 Å². The van der Waals surface area contributed by atoms with E-state index in [1.54, 1.807) is 6.26 Å². The molecule has 1 aromatic carbocycles. The second-order valence-electron chi connectivity index (χ2n) is 4.94. The van der Waals surface area contributed by atoms with Crippen LogP contribution in [0.3, 0.4) is 0 Å². The molecule has 0 saturated carbocycles. The van der Waals surface area contributed by atoms with Crippen LogP contribution in [0.2, 0.25) is 0 Å². The first-order chi connectivity index (χ1) is 8.49. The van der Waals surface area contributed by atoms with Crippen LogP contribution in [0.4, 0.5) is 11.4 Å². The van der Waals surface area contributed by atoms with Crippen molar-refractivity contribution in [1.29, 1.82) is 5.26 Å². The number of quaternary nitrogens is 1. The fourth-order valence-corrected chi connectivity index (χ4v) is 2.29. The van der Waals surface area contributed by atoms with Crippen LogP contribution in [0, 0.1) is 25.4 Å². The van der Waals surface area contributed by atoms with E-state index in [1.807, 2.05) is 6.92 Å². The Morgan fingerprint density at radius 3 is 2.61 bits per heavy atom. The Hall–Kier alpha value is -1.86. The Bertz CT molecular complexity index is 557. The number of nitriles is 1. The van der Waals surface area contributed by atoms with E-state index in [9.17, 15) is 0 Å². The molecular weight excluding hydrogens is 226 g/mol. The Morgan fingerprint density at radius 2 is 1.94 bits per heavy atom. The highest BCUT2D eigenvalue weighted by Gasteiger charge is 2.37. The molecule has 2 rings (SSSR count). The predicted molar refractivity (Wildman–Crippen MR) is 72.8 cm³/mol. The zero-order chi connectivity index (χ0) is 13.3. The summed E-state index contributed by atoms with van der Waals surface area (Å²) in [5.74, 6) is 1.04. The summed E-state index contributed by atoms with van der Waals surface area (Å²) in [5, 5.41) is 8.46. The maximum atomic E-state index is 8.46. The van der Waals surface area contributed by atoms with Crippen molar-refractivity contribution in [1.82, 2.24) is 4.48 Å². The lowest BCUT2D eigenvalue weighted by atomic mass is 10.1. The third-order valence-electron chi connectivity index (χ3n) is 3.82. The summed E-state index contributed by atoms with van der Waals surface area (Å²) in [5.41, 5.74) is 4.75. The molecule has 0 aromatic heterocycles. The molecule has 1 aromatic rings. The molecule has 1 aliphatic heterocycles. The van der Waals surface area contributed by atoms with Gasteiger partial charge in [0.15, 0.2) is 12.3 Å². The van der Waals surface area contributed by atoms with Gasteiger partial charge >= 0.3 is 0 Å². The van der Waals surface area contributed by atoms with Crippen LogP contribution in [-0.4, -0.2) is 26.0 Å². The predicted octanol–water partition coefficient (Wildman–Crippen LogP) is 2.80. The second-order valence-corrected chi connectivity index (χ2v) is 4.94. The van der Waals surface area contributed by atoms with Crippen LogP contribution in [0.25, 0.3) is 0 Å². The Morgan fingerprint density at radius 1 is 1.28 bits per heavy atom. The molecular formula is C14H18N3O+. The lowest BCUT2D eigenvalue weighted by Gasteiger charge is -2.28. The van der Waals surface area contributed by atoms with Crippen molar-refractivity contribution in [3.05, 3.63) is 23.3 Å². The number of fused-ring (bicyclic) bond motifs is 1. The van der Waals surface area contributed by atoms with Crippen molar-refractivity contribution in [3.63, 3.8) is 0 Å². The van der Waals surface area contributed by atoms with E-state index in [1.165, 1.54) is 16.8 Å². The molecule has 1 heterocycles. The molecule has 0 fully saturated rings. The van der Waals surface area contributed by atoms with Gasteiger partial charge in [-0.2, -0.15) is 10.3 Å². The molecule has 0 bridgehead atoms. The smallest absolute Gasteiger partial charge is 0.286 e. The molecule has 4 nitrogen and oxygen atoms in total. The summed E-state index contributed by atoms with van der Waals surface area (Å²) in [6.07, 6.45) is 1.72. The minimum atomic E-state index is 0.409. The van der Waals surface area contributed by atoms with E-state index in [0.717, 1.165) is 18.1 Å².